The highest BCUT2D eigenvalue weighted by Crippen LogP contribution is 2.28. The number of carboxylic acids is 1. The Morgan fingerprint density at radius 1 is 1.48 bits per heavy atom. The van der Waals surface area contributed by atoms with Crippen molar-refractivity contribution in [2.45, 2.75) is 26.3 Å². The number of carbonyl (C=O) groups is 2. The Balaban J connectivity index is 2.30. The predicted molar refractivity (Wildman–Crippen MR) is 78.9 cm³/mol. The van der Waals surface area contributed by atoms with E-state index >= 15 is 0 Å². The molecule has 1 aliphatic rings. The monoisotopic (exact) mass is 292 g/mol. The van der Waals surface area contributed by atoms with E-state index in [0.29, 0.717) is 36.7 Å². The normalized spacial score (nSPS) is 15.0. The van der Waals surface area contributed by atoms with Crippen molar-refractivity contribution in [3.05, 3.63) is 23.8 Å². The molecule has 1 amide bonds. The lowest BCUT2D eigenvalue weighted by atomic mass is 10.0. The van der Waals surface area contributed by atoms with E-state index in [2.05, 4.69) is 5.32 Å². The van der Waals surface area contributed by atoms with E-state index in [4.69, 9.17) is 9.84 Å². The number of fused-ring (bicyclic) bond motifs is 1. The number of carboxylic acid groups (broad SMARTS) is 1. The molecule has 1 aromatic rings. The van der Waals surface area contributed by atoms with Gasteiger partial charge in [0.05, 0.1) is 12.1 Å². The van der Waals surface area contributed by atoms with Crippen LogP contribution in [0.4, 0.5) is 5.69 Å². The van der Waals surface area contributed by atoms with E-state index < -0.39 is 11.5 Å². The molecule has 0 unspecified atom stereocenters. The van der Waals surface area contributed by atoms with Crippen LogP contribution in [0.2, 0.25) is 0 Å². The summed E-state index contributed by atoms with van der Waals surface area (Å²) in [5, 5.41) is 12.1. The van der Waals surface area contributed by atoms with Gasteiger partial charge in [-0.05, 0) is 32.9 Å². The number of aliphatic carboxylic acids is 1. The Kier molecular flexibility index (Phi) is 4.06. The molecule has 0 atom stereocenters. The molecule has 6 nitrogen and oxygen atoms in total. The van der Waals surface area contributed by atoms with Crippen LogP contribution in [0.25, 0.3) is 0 Å². The third-order valence-corrected chi connectivity index (χ3v) is 3.49. The summed E-state index contributed by atoms with van der Waals surface area (Å²) in [7, 11) is 0. The molecule has 6 heteroatoms. The molecule has 2 rings (SSSR count). The van der Waals surface area contributed by atoms with E-state index in [1.807, 2.05) is 6.92 Å². The summed E-state index contributed by atoms with van der Waals surface area (Å²) in [6, 6.07) is 5.05. The fraction of sp³-hybridized carbons (Fsp3) is 0.467. The Morgan fingerprint density at radius 2 is 2.19 bits per heavy atom. The van der Waals surface area contributed by atoms with Crippen molar-refractivity contribution in [3.8, 4) is 5.75 Å². The second-order valence-electron chi connectivity index (χ2n) is 5.50. The van der Waals surface area contributed by atoms with Crippen LogP contribution in [-0.4, -0.2) is 47.1 Å². The standard InChI is InChI=1S/C15H20N2O4/c1-4-17-7-8-21-12-9-10(5-6-11(12)13(17)18)16-15(2,3)14(19)20/h5-6,9,16H,4,7-8H2,1-3H3,(H,19,20). The fourth-order valence-electron chi connectivity index (χ4n) is 2.15. The van der Waals surface area contributed by atoms with Crippen LogP contribution >= 0.6 is 0 Å². The van der Waals surface area contributed by atoms with Crippen molar-refractivity contribution in [2.75, 3.05) is 25.0 Å². The van der Waals surface area contributed by atoms with Gasteiger partial charge in [0.15, 0.2) is 0 Å². The maximum absolute atomic E-state index is 12.3. The number of rotatable bonds is 4. The zero-order valence-corrected chi connectivity index (χ0v) is 12.5. The molecule has 1 heterocycles. The summed E-state index contributed by atoms with van der Waals surface area (Å²) in [4.78, 5) is 25.2. The quantitative estimate of drug-likeness (QED) is 0.885. The molecule has 0 fully saturated rings. The Morgan fingerprint density at radius 3 is 2.81 bits per heavy atom. The largest absolute Gasteiger partial charge is 0.491 e. The number of hydrogen-bond acceptors (Lipinski definition) is 4. The molecule has 21 heavy (non-hydrogen) atoms. The SMILES string of the molecule is CCN1CCOc2cc(NC(C)(C)C(=O)O)ccc2C1=O. The molecule has 1 aliphatic heterocycles. The van der Waals surface area contributed by atoms with Crippen LogP contribution in [0.15, 0.2) is 18.2 Å². The Labute approximate surface area is 123 Å². The molecule has 0 aromatic heterocycles. The van der Waals surface area contributed by atoms with Gasteiger partial charge in [0.2, 0.25) is 0 Å². The van der Waals surface area contributed by atoms with E-state index in [1.165, 1.54) is 0 Å². The average Bonchev–Trinajstić information content (AvgIpc) is 2.57. The minimum atomic E-state index is -1.10. The predicted octanol–water partition coefficient (Wildman–Crippen LogP) is 1.82. The summed E-state index contributed by atoms with van der Waals surface area (Å²) in [5.41, 5.74) is 0.0187. The second-order valence-corrected chi connectivity index (χ2v) is 5.50. The molecule has 0 spiro atoms. The van der Waals surface area contributed by atoms with Gasteiger partial charge in [-0.3, -0.25) is 4.79 Å². The lowest BCUT2D eigenvalue weighted by Crippen LogP contribution is -2.39. The fourth-order valence-corrected chi connectivity index (χ4v) is 2.15. The maximum Gasteiger partial charge on any atom is 0.328 e. The van der Waals surface area contributed by atoms with Gasteiger partial charge in [0.1, 0.15) is 17.9 Å². The van der Waals surface area contributed by atoms with E-state index in [-0.39, 0.29) is 5.91 Å². The van der Waals surface area contributed by atoms with Crippen LogP contribution in [0.1, 0.15) is 31.1 Å². The summed E-state index contributed by atoms with van der Waals surface area (Å²) in [6.45, 7) is 6.69. The first kappa shape index (κ1) is 15.2. The molecular formula is C15H20N2O4. The lowest BCUT2D eigenvalue weighted by molar-refractivity contribution is -0.141. The van der Waals surface area contributed by atoms with Crippen molar-refractivity contribution < 1.29 is 19.4 Å². The van der Waals surface area contributed by atoms with Crippen LogP contribution in [0, 0.1) is 0 Å². The molecule has 2 N–H and O–H groups in total. The first-order chi connectivity index (χ1) is 9.85. The zero-order valence-electron chi connectivity index (χ0n) is 12.5. The van der Waals surface area contributed by atoms with Crippen LogP contribution in [-0.2, 0) is 4.79 Å². The highest BCUT2D eigenvalue weighted by atomic mass is 16.5. The van der Waals surface area contributed by atoms with E-state index in [1.54, 1.807) is 36.9 Å². The van der Waals surface area contributed by atoms with E-state index in [0.717, 1.165) is 0 Å². The average molecular weight is 292 g/mol. The topological polar surface area (TPSA) is 78.9 Å². The van der Waals surface area contributed by atoms with Gasteiger partial charge >= 0.3 is 5.97 Å². The van der Waals surface area contributed by atoms with Gasteiger partial charge in [-0.15, -0.1) is 0 Å². The molecule has 0 saturated carbocycles. The van der Waals surface area contributed by atoms with Gasteiger partial charge in [0, 0.05) is 18.3 Å². The molecule has 114 valence electrons. The van der Waals surface area contributed by atoms with Crippen molar-refractivity contribution >= 4 is 17.6 Å². The summed E-state index contributed by atoms with van der Waals surface area (Å²) in [5.74, 6) is -0.525. The third kappa shape index (κ3) is 3.09. The number of benzene rings is 1. The van der Waals surface area contributed by atoms with Crippen LogP contribution in [0.5, 0.6) is 5.75 Å². The van der Waals surface area contributed by atoms with E-state index in [9.17, 15) is 9.59 Å². The zero-order chi connectivity index (χ0) is 15.6. The molecule has 0 radical (unpaired) electrons. The number of nitrogens with one attached hydrogen (secondary N) is 1. The number of amides is 1. The highest BCUT2D eigenvalue weighted by molar-refractivity contribution is 5.98. The van der Waals surface area contributed by atoms with Gasteiger partial charge in [-0.1, -0.05) is 0 Å². The Bertz CT molecular complexity index is 569. The van der Waals surface area contributed by atoms with Gasteiger partial charge < -0.3 is 20.1 Å². The lowest BCUT2D eigenvalue weighted by Gasteiger charge is -2.23. The van der Waals surface area contributed by atoms with Gasteiger partial charge in [-0.25, -0.2) is 4.79 Å². The maximum atomic E-state index is 12.3. The van der Waals surface area contributed by atoms with Crippen LogP contribution in [0.3, 0.4) is 0 Å². The molecule has 1 aromatic carbocycles. The first-order valence-electron chi connectivity index (χ1n) is 6.93. The number of likely N-dealkylation sites (N-methyl/N-ethyl adjacent to an activating group) is 1. The minimum absolute atomic E-state index is 0.0611. The van der Waals surface area contributed by atoms with Crippen molar-refractivity contribution in [3.63, 3.8) is 0 Å². The molecular weight excluding hydrogens is 272 g/mol. The van der Waals surface area contributed by atoms with Crippen LogP contribution < -0.4 is 10.1 Å². The summed E-state index contributed by atoms with van der Waals surface area (Å²) < 4.78 is 5.62. The Hall–Kier alpha value is -2.24. The number of anilines is 1. The van der Waals surface area contributed by atoms with Gasteiger partial charge in [0.25, 0.3) is 5.91 Å². The van der Waals surface area contributed by atoms with Gasteiger partial charge in [-0.2, -0.15) is 0 Å². The molecule has 0 aliphatic carbocycles. The number of hydrogen-bond donors (Lipinski definition) is 2. The smallest absolute Gasteiger partial charge is 0.328 e. The number of ether oxygens (including phenoxy) is 1. The minimum Gasteiger partial charge on any atom is -0.491 e. The summed E-state index contributed by atoms with van der Waals surface area (Å²) in [6.07, 6.45) is 0. The summed E-state index contributed by atoms with van der Waals surface area (Å²) >= 11 is 0. The number of carbonyl (C=O) groups excluding carboxylic acids is 1. The molecule has 0 saturated heterocycles. The second kappa shape index (κ2) is 5.63. The first-order valence-corrected chi connectivity index (χ1v) is 6.93. The third-order valence-electron chi connectivity index (χ3n) is 3.49. The highest BCUT2D eigenvalue weighted by Gasteiger charge is 2.28. The van der Waals surface area contributed by atoms with Crippen molar-refractivity contribution in [1.82, 2.24) is 4.90 Å². The molecule has 0 bridgehead atoms. The van der Waals surface area contributed by atoms with Crippen molar-refractivity contribution in [1.29, 1.82) is 0 Å². The number of nitrogens with zero attached hydrogens (tertiary/aromatic N) is 1. The van der Waals surface area contributed by atoms with Crippen molar-refractivity contribution in [2.24, 2.45) is 0 Å².